The number of benzene rings is 1. The number of hydrogen-bond donors (Lipinski definition) is 2. The number of urea groups is 1. The summed E-state index contributed by atoms with van der Waals surface area (Å²) in [5.41, 5.74) is 3.54. The number of sulfone groups is 1. The number of hydrazine groups is 1. The van der Waals surface area contributed by atoms with Crippen LogP contribution in [0.1, 0.15) is 15.9 Å². The van der Waals surface area contributed by atoms with Gasteiger partial charge in [0.25, 0.3) is 5.91 Å². The Kier molecular flexibility index (Phi) is 7.65. The highest BCUT2D eigenvalue weighted by molar-refractivity contribution is 7.91. The summed E-state index contributed by atoms with van der Waals surface area (Å²) in [4.78, 5) is 38.2. The van der Waals surface area contributed by atoms with E-state index in [2.05, 4.69) is 6.58 Å². The average Bonchev–Trinajstić information content (AvgIpc) is 2.70. The van der Waals surface area contributed by atoms with Gasteiger partial charge >= 0.3 is 18.1 Å². The van der Waals surface area contributed by atoms with Gasteiger partial charge in [0.1, 0.15) is 0 Å². The second-order valence-electron chi connectivity index (χ2n) is 6.69. The summed E-state index contributed by atoms with van der Waals surface area (Å²) >= 11 is 0. The number of halogens is 3. The van der Waals surface area contributed by atoms with Crippen LogP contribution < -0.4 is 10.9 Å². The van der Waals surface area contributed by atoms with Crippen molar-refractivity contribution in [3.63, 3.8) is 0 Å². The Hall–Kier alpha value is -3.09. The van der Waals surface area contributed by atoms with Gasteiger partial charge in [0.15, 0.2) is 9.84 Å². The Labute approximate surface area is 176 Å². The van der Waals surface area contributed by atoms with Crippen molar-refractivity contribution in [1.82, 2.24) is 20.7 Å². The molecule has 1 saturated heterocycles. The summed E-state index contributed by atoms with van der Waals surface area (Å²) in [6.07, 6.45) is -3.61. The summed E-state index contributed by atoms with van der Waals surface area (Å²) in [5, 5.41) is 0. The van der Waals surface area contributed by atoms with Gasteiger partial charge in [-0.15, -0.1) is 6.58 Å². The molecule has 1 aliphatic heterocycles. The third-order valence-corrected chi connectivity index (χ3v) is 5.98. The molecule has 0 aliphatic carbocycles. The minimum absolute atomic E-state index is 0.00550. The topological polar surface area (TPSA) is 116 Å². The van der Waals surface area contributed by atoms with Gasteiger partial charge in [-0.2, -0.15) is 13.2 Å². The molecule has 2 N–H and O–H groups in total. The number of nitrogens with zero attached hydrogens (tertiary/aromatic N) is 2. The number of carbonyl (C=O) groups is 3. The van der Waals surface area contributed by atoms with E-state index in [9.17, 15) is 36.0 Å². The number of rotatable bonds is 5. The van der Waals surface area contributed by atoms with E-state index >= 15 is 0 Å². The molecule has 0 unspecified atom stereocenters. The number of hydrogen-bond acceptors (Lipinski definition) is 5. The van der Waals surface area contributed by atoms with E-state index in [0.29, 0.717) is 5.56 Å². The molecule has 0 bridgehead atoms. The third kappa shape index (κ3) is 6.98. The fraction of sp³-hybridized carbons (Fsp3) is 0.389. The smallest absolute Gasteiger partial charge is 0.323 e. The highest BCUT2D eigenvalue weighted by Crippen LogP contribution is 2.14. The average molecular weight is 462 g/mol. The molecule has 9 nitrogen and oxygen atoms in total. The normalized spacial score (nSPS) is 15.6. The number of nitrogens with one attached hydrogen (secondary N) is 2. The maximum atomic E-state index is 12.7. The highest BCUT2D eigenvalue weighted by Gasteiger charge is 2.39. The molecule has 2 rings (SSSR count). The van der Waals surface area contributed by atoms with Gasteiger partial charge < -0.3 is 9.80 Å². The van der Waals surface area contributed by atoms with E-state index in [4.69, 9.17) is 0 Å². The van der Waals surface area contributed by atoms with Crippen LogP contribution in [-0.4, -0.2) is 73.4 Å². The first-order valence-corrected chi connectivity index (χ1v) is 10.9. The van der Waals surface area contributed by atoms with Crippen molar-refractivity contribution in [2.45, 2.75) is 12.7 Å². The van der Waals surface area contributed by atoms with Crippen molar-refractivity contribution in [1.29, 1.82) is 0 Å². The van der Waals surface area contributed by atoms with E-state index < -0.39 is 27.8 Å². The molecule has 0 saturated carbocycles. The Morgan fingerprint density at radius 3 is 2.19 bits per heavy atom. The summed E-state index contributed by atoms with van der Waals surface area (Å²) in [6, 6.07) is 5.31. The van der Waals surface area contributed by atoms with Crippen molar-refractivity contribution in [2.24, 2.45) is 0 Å². The number of amides is 4. The molecule has 0 radical (unpaired) electrons. The fourth-order valence-corrected chi connectivity index (χ4v) is 3.91. The molecule has 0 aromatic heterocycles. The van der Waals surface area contributed by atoms with Gasteiger partial charge in [-0.05, 0) is 17.7 Å². The lowest BCUT2D eigenvalue weighted by atomic mass is 10.1. The van der Waals surface area contributed by atoms with Gasteiger partial charge in [-0.25, -0.2) is 13.2 Å². The molecule has 0 atom stereocenters. The molecule has 1 heterocycles. The van der Waals surface area contributed by atoms with Crippen LogP contribution in [0, 0.1) is 0 Å². The van der Waals surface area contributed by atoms with Crippen LogP contribution in [0.15, 0.2) is 36.9 Å². The predicted octanol–water partition coefficient (Wildman–Crippen LogP) is 0.848. The van der Waals surface area contributed by atoms with E-state index in [1.54, 1.807) is 5.43 Å². The van der Waals surface area contributed by atoms with Gasteiger partial charge in [0.2, 0.25) is 0 Å². The quantitative estimate of drug-likeness (QED) is 0.497. The van der Waals surface area contributed by atoms with Crippen LogP contribution in [0.3, 0.4) is 0 Å². The molecular weight excluding hydrogens is 441 g/mol. The van der Waals surface area contributed by atoms with Crippen LogP contribution >= 0.6 is 0 Å². The van der Waals surface area contributed by atoms with Crippen LogP contribution in [0.2, 0.25) is 0 Å². The van der Waals surface area contributed by atoms with Gasteiger partial charge in [-0.3, -0.25) is 20.4 Å². The van der Waals surface area contributed by atoms with Crippen LogP contribution in [0.5, 0.6) is 0 Å². The minimum Gasteiger partial charge on any atom is -0.323 e. The van der Waals surface area contributed by atoms with Gasteiger partial charge in [-0.1, -0.05) is 18.2 Å². The lowest BCUT2D eigenvalue weighted by molar-refractivity contribution is -0.174. The van der Waals surface area contributed by atoms with E-state index in [0.717, 1.165) is 0 Å². The van der Waals surface area contributed by atoms with Gasteiger partial charge in [0.05, 0.1) is 11.5 Å². The molecular formula is C18H21F3N4O5S. The van der Waals surface area contributed by atoms with Crippen molar-refractivity contribution in [3.8, 4) is 0 Å². The predicted molar refractivity (Wildman–Crippen MR) is 104 cm³/mol. The molecule has 1 aromatic carbocycles. The largest absolute Gasteiger partial charge is 0.472 e. The van der Waals surface area contributed by atoms with Crippen LogP contribution in [-0.2, 0) is 21.2 Å². The maximum absolute atomic E-state index is 12.7. The Morgan fingerprint density at radius 1 is 1.10 bits per heavy atom. The molecule has 1 aromatic rings. The van der Waals surface area contributed by atoms with Crippen LogP contribution in [0.25, 0.3) is 0 Å². The Morgan fingerprint density at radius 2 is 1.68 bits per heavy atom. The lowest BCUT2D eigenvalue weighted by Crippen LogP contribution is -2.49. The SMILES string of the molecule is C=CCN(Cc1ccc(C(=O)NNC(=O)C(F)(F)F)cc1)C(=O)N1CCS(=O)(=O)CC1. The second kappa shape index (κ2) is 9.81. The third-order valence-electron chi connectivity index (χ3n) is 4.37. The molecule has 31 heavy (non-hydrogen) atoms. The highest BCUT2D eigenvalue weighted by atomic mass is 32.2. The van der Waals surface area contributed by atoms with Crippen molar-refractivity contribution >= 4 is 27.7 Å². The minimum atomic E-state index is -5.13. The van der Waals surface area contributed by atoms with Crippen LogP contribution in [0.4, 0.5) is 18.0 Å². The number of alkyl halides is 3. The fourth-order valence-electron chi connectivity index (χ4n) is 2.71. The molecule has 1 fully saturated rings. The zero-order valence-electron chi connectivity index (χ0n) is 16.3. The molecule has 0 spiro atoms. The van der Waals surface area contributed by atoms with Crippen molar-refractivity contribution in [2.75, 3.05) is 31.1 Å². The zero-order chi connectivity index (χ0) is 23.2. The Bertz CT molecular complexity index is 934. The lowest BCUT2D eigenvalue weighted by Gasteiger charge is -2.32. The summed E-state index contributed by atoms with van der Waals surface area (Å²) in [6.45, 7) is 4.14. The molecule has 4 amide bonds. The first-order chi connectivity index (χ1) is 14.4. The standard InChI is InChI=1S/C18H21F3N4O5S/c1-2-7-25(17(28)24-8-10-31(29,30)11-9-24)12-13-3-5-14(6-4-13)15(26)22-23-16(27)18(19,20)21/h2-6H,1,7-12H2,(H,22,26)(H,23,27). The second-order valence-corrected chi connectivity index (χ2v) is 9.00. The maximum Gasteiger partial charge on any atom is 0.472 e. The summed E-state index contributed by atoms with van der Waals surface area (Å²) in [5.74, 6) is -3.45. The molecule has 1 aliphatic rings. The Balaban J connectivity index is 1.98. The van der Waals surface area contributed by atoms with Gasteiger partial charge in [0, 0.05) is 31.7 Å². The monoisotopic (exact) mass is 462 g/mol. The van der Waals surface area contributed by atoms with Crippen molar-refractivity contribution in [3.05, 3.63) is 48.0 Å². The molecule has 13 heteroatoms. The number of carbonyl (C=O) groups excluding carboxylic acids is 3. The summed E-state index contributed by atoms with van der Waals surface area (Å²) < 4.78 is 59.5. The first kappa shape index (κ1) is 24.2. The first-order valence-electron chi connectivity index (χ1n) is 9.04. The van der Waals surface area contributed by atoms with E-state index in [-0.39, 0.29) is 49.3 Å². The van der Waals surface area contributed by atoms with E-state index in [1.165, 1.54) is 45.6 Å². The van der Waals surface area contributed by atoms with Crippen molar-refractivity contribution < 1.29 is 36.0 Å². The zero-order valence-corrected chi connectivity index (χ0v) is 17.1. The summed E-state index contributed by atoms with van der Waals surface area (Å²) in [7, 11) is -3.14. The van der Waals surface area contributed by atoms with E-state index in [1.807, 2.05) is 0 Å². The molecule has 170 valence electrons.